The van der Waals surface area contributed by atoms with E-state index in [1.807, 2.05) is 11.4 Å². The summed E-state index contributed by atoms with van der Waals surface area (Å²) >= 11 is 7.68. The van der Waals surface area contributed by atoms with Crippen molar-refractivity contribution in [3.05, 3.63) is 21.3 Å². The molecule has 1 aromatic heterocycles. The van der Waals surface area contributed by atoms with Crippen LogP contribution < -0.4 is 10.6 Å². The molecule has 1 saturated carbocycles. The molecule has 1 aromatic rings. The van der Waals surface area contributed by atoms with Crippen LogP contribution in [-0.4, -0.2) is 19.1 Å². The summed E-state index contributed by atoms with van der Waals surface area (Å²) in [5.74, 6) is 0. The Morgan fingerprint density at radius 2 is 2.29 bits per heavy atom. The largest absolute Gasteiger partial charge is 0.313 e. The predicted molar refractivity (Wildman–Crippen MR) is 62.1 cm³/mol. The highest BCUT2D eigenvalue weighted by atomic mass is 35.5. The van der Waals surface area contributed by atoms with Gasteiger partial charge in [-0.05, 0) is 24.3 Å². The Kier molecular flexibility index (Phi) is 3.81. The maximum absolute atomic E-state index is 5.97. The summed E-state index contributed by atoms with van der Waals surface area (Å²) in [6.07, 6.45) is 2.72. The Morgan fingerprint density at radius 1 is 1.43 bits per heavy atom. The Bertz CT molecular complexity index is 283. The van der Waals surface area contributed by atoms with Gasteiger partial charge in [0.1, 0.15) is 0 Å². The van der Waals surface area contributed by atoms with Gasteiger partial charge < -0.3 is 10.6 Å². The number of hydrogen-bond donors (Lipinski definition) is 2. The van der Waals surface area contributed by atoms with Crippen molar-refractivity contribution in [2.75, 3.05) is 13.1 Å². The van der Waals surface area contributed by atoms with Crippen molar-refractivity contribution in [3.8, 4) is 0 Å². The summed E-state index contributed by atoms with van der Waals surface area (Å²) in [6, 6.07) is 2.76. The van der Waals surface area contributed by atoms with Crippen molar-refractivity contribution < 1.29 is 0 Å². The first-order chi connectivity index (χ1) is 6.86. The van der Waals surface area contributed by atoms with Crippen LogP contribution in [0.25, 0.3) is 0 Å². The molecule has 2 rings (SSSR count). The zero-order valence-corrected chi connectivity index (χ0v) is 9.63. The van der Waals surface area contributed by atoms with E-state index >= 15 is 0 Å². The van der Waals surface area contributed by atoms with Crippen molar-refractivity contribution in [3.63, 3.8) is 0 Å². The van der Waals surface area contributed by atoms with E-state index in [0.717, 1.165) is 30.7 Å². The smallest absolute Gasteiger partial charge is 0.0558 e. The summed E-state index contributed by atoms with van der Waals surface area (Å²) in [6.45, 7) is 2.97. The van der Waals surface area contributed by atoms with Crippen molar-refractivity contribution in [1.82, 2.24) is 10.6 Å². The standard InChI is InChI=1S/C10H15ClN2S/c11-9-3-6-14-10(9)7-12-4-5-13-8-1-2-8/h3,6,8,12-13H,1-2,4-5,7H2. The SMILES string of the molecule is Clc1ccsc1CNCCNC1CC1. The van der Waals surface area contributed by atoms with Crippen molar-refractivity contribution >= 4 is 22.9 Å². The molecule has 0 saturated heterocycles. The summed E-state index contributed by atoms with van der Waals surface area (Å²) in [7, 11) is 0. The lowest BCUT2D eigenvalue weighted by Crippen LogP contribution is -2.28. The fourth-order valence-corrected chi connectivity index (χ4v) is 2.38. The Labute approximate surface area is 93.7 Å². The molecule has 1 aliphatic rings. The average Bonchev–Trinajstić information content (AvgIpc) is 2.91. The maximum Gasteiger partial charge on any atom is 0.0558 e. The number of nitrogens with one attached hydrogen (secondary N) is 2. The van der Waals surface area contributed by atoms with Gasteiger partial charge in [-0.1, -0.05) is 11.6 Å². The molecule has 0 bridgehead atoms. The molecule has 1 fully saturated rings. The molecule has 0 spiro atoms. The average molecular weight is 231 g/mol. The third-order valence-corrected chi connectivity index (χ3v) is 3.68. The Morgan fingerprint density at radius 3 is 2.93 bits per heavy atom. The maximum atomic E-state index is 5.97. The van der Waals surface area contributed by atoms with Gasteiger partial charge in [-0.15, -0.1) is 11.3 Å². The van der Waals surface area contributed by atoms with Crippen molar-refractivity contribution in [2.24, 2.45) is 0 Å². The number of halogens is 1. The fourth-order valence-electron chi connectivity index (χ4n) is 1.31. The van der Waals surface area contributed by atoms with Crippen LogP contribution in [0.15, 0.2) is 11.4 Å². The van der Waals surface area contributed by atoms with Gasteiger partial charge in [-0.25, -0.2) is 0 Å². The first kappa shape index (κ1) is 10.4. The third-order valence-electron chi connectivity index (χ3n) is 2.29. The highest BCUT2D eigenvalue weighted by Crippen LogP contribution is 2.21. The number of rotatable bonds is 6. The van der Waals surface area contributed by atoms with E-state index in [-0.39, 0.29) is 0 Å². The molecule has 78 valence electrons. The minimum absolute atomic E-state index is 0.808. The van der Waals surface area contributed by atoms with Crippen LogP contribution in [0.5, 0.6) is 0 Å². The van der Waals surface area contributed by atoms with Crippen molar-refractivity contribution in [2.45, 2.75) is 25.4 Å². The summed E-state index contributed by atoms with van der Waals surface area (Å²) < 4.78 is 0. The van der Waals surface area contributed by atoms with Crippen LogP contribution in [0.3, 0.4) is 0 Å². The molecule has 2 nitrogen and oxygen atoms in total. The van der Waals surface area contributed by atoms with E-state index in [4.69, 9.17) is 11.6 Å². The van der Waals surface area contributed by atoms with E-state index < -0.39 is 0 Å². The monoisotopic (exact) mass is 230 g/mol. The highest BCUT2D eigenvalue weighted by Gasteiger charge is 2.19. The first-order valence-electron chi connectivity index (χ1n) is 5.02. The normalized spacial score (nSPS) is 16.1. The lowest BCUT2D eigenvalue weighted by molar-refractivity contribution is 0.611. The zero-order valence-electron chi connectivity index (χ0n) is 8.05. The van der Waals surface area contributed by atoms with Crippen molar-refractivity contribution in [1.29, 1.82) is 0 Å². The molecule has 0 unspecified atom stereocenters. The molecule has 4 heteroatoms. The molecule has 0 radical (unpaired) electrons. The van der Waals surface area contributed by atoms with Crippen LogP contribution in [0, 0.1) is 0 Å². The van der Waals surface area contributed by atoms with Gasteiger partial charge in [0.25, 0.3) is 0 Å². The Hall–Kier alpha value is -0.0900. The summed E-state index contributed by atoms with van der Waals surface area (Å²) in [5, 5.41) is 9.75. The third kappa shape index (κ3) is 3.24. The first-order valence-corrected chi connectivity index (χ1v) is 6.28. The van der Waals surface area contributed by atoms with Gasteiger partial charge in [-0.3, -0.25) is 0 Å². The van der Waals surface area contributed by atoms with Gasteiger partial charge in [0, 0.05) is 30.6 Å². The van der Waals surface area contributed by atoms with E-state index in [1.165, 1.54) is 17.7 Å². The molecule has 14 heavy (non-hydrogen) atoms. The molecular weight excluding hydrogens is 216 g/mol. The van der Waals surface area contributed by atoms with Crippen LogP contribution in [0.1, 0.15) is 17.7 Å². The molecule has 1 aliphatic carbocycles. The highest BCUT2D eigenvalue weighted by molar-refractivity contribution is 7.10. The topological polar surface area (TPSA) is 24.1 Å². The van der Waals surface area contributed by atoms with Crippen LogP contribution >= 0.6 is 22.9 Å². The minimum Gasteiger partial charge on any atom is -0.313 e. The molecule has 0 aromatic carbocycles. The second-order valence-corrected chi connectivity index (χ2v) is 5.00. The van der Waals surface area contributed by atoms with Gasteiger partial charge >= 0.3 is 0 Å². The zero-order chi connectivity index (χ0) is 9.80. The lowest BCUT2D eigenvalue weighted by Gasteiger charge is -2.04. The quantitative estimate of drug-likeness (QED) is 0.733. The van der Waals surface area contributed by atoms with Gasteiger partial charge in [0.05, 0.1) is 5.02 Å². The second kappa shape index (κ2) is 5.12. The van der Waals surface area contributed by atoms with Crippen LogP contribution in [0.2, 0.25) is 5.02 Å². The van der Waals surface area contributed by atoms with Gasteiger partial charge in [-0.2, -0.15) is 0 Å². The molecule has 0 atom stereocenters. The van der Waals surface area contributed by atoms with Gasteiger partial charge in [0.15, 0.2) is 0 Å². The fraction of sp³-hybridized carbons (Fsp3) is 0.600. The lowest BCUT2D eigenvalue weighted by atomic mass is 10.4. The van der Waals surface area contributed by atoms with Crippen LogP contribution in [0.4, 0.5) is 0 Å². The van der Waals surface area contributed by atoms with Gasteiger partial charge in [0.2, 0.25) is 0 Å². The van der Waals surface area contributed by atoms with E-state index in [9.17, 15) is 0 Å². The van der Waals surface area contributed by atoms with E-state index in [2.05, 4.69) is 10.6 Å². The molecule has 0 aliphatic heterocycles. The second-order valence-electron chi connectivity index (χ2n) is 3.60. The summed E-state index contributed by atoms with van der Waals surface area (Å²) in [4.78, 5) is 1.23. The Balaban J connectivity index is 1.56. The molecule has 2 N–H and O–H groups in total. The predicted octanol–water partition coefficient (Wildman–Crippen LogP) is 2.24. The van der Waals surface area contributed by atoms with E-state index in [1.54, 1.807) is 11.3 Å². The number of thiophene rings is 1. The number of hydrogen-bond acceptors (Lipinski definition) is 3. The molecular formula is C10H15ClN2S. The molecule has 1 heterocycles. The van der Waals surface area contributed by atoms with E-state index in [0.29, 0.717) is 0 Å². The molecule has 0 amide bonds. The summed E-state index contributed by atoms with van der Waals surface area (Å²) in [5.41, 5.74) is 0. The minimum atomic E-state index is 0.808. The van der Waals surface area contributed by atoms with Crippen LogP contribution in [-0.2, 0) is 6.54 Å².